The van der Waals surface area contributed by atoms with Crippen LogP contribution in [-0.2, 0) is 11.2 Å². The molecule has 100 valence electrons. The first kappa shape index (κ1) is 13.5. The fraction of sp³-hybridized carbons (Fsp3) is 0.692. The number of amides is 1. The zero-order valence-corrected chi connectivity index (χ0v) is 11.9. The van der Waals surface area contributed by atoms with Gasteiger partial charge in [-0.05, 0) is 33.2 Å². The van der Waals surface area contributed by atoms with E-state index in [1.165, 1.54) is 4.88 Å². The van der Waals surface area contributed by atoms with Gasteiger partial charge in [-0.2, -0.15) is 0 Å². The minimum Gasteiger partial charge on any atom is -0.355 e. The van der Waals surface area contributed by atoms with Gasteiger partial charge in [0, 0.05) is 24.4 Å². The molecule has 1 aliphatic heterocycles. The first-order valence-corrected chi connectivity index (χ1v) is 7.40. The van der Waals surface area contributed by atoms with Crippen LogP contribution in [0.4, 0.5) is 0 Å². The van der Waals surface area contributed by atoms with Gasteiger partial charge in [0.15, 0.2) is 0 Å². The molecular weight excluding hydrogens is 246 g/mol. The molecule has 0 radical (unpaired) electrons. The van der Waals surface area contributed by atoms with Crippen molar-refractivity contribution in [2.75, 3.05) is 19.6 Å². The molecule has 0 aliphatic carbocycles. The van der Waals surface area contributed by atoms with E-state index in [4.69, 9.17) is 0 Å². The van der Waals surface area contributed by atoms with Crippen molar-refractivity contribution < 1.29 is 4.79 Å². The van der Waals surface area contributed by atoms with Crippen molar-refractivity contribution in [2.45, 2.75) is 33.1 Å². The molecule has 1 amide bonds. The van der Waals surface area contributed by atoms with Crippen molar-refractivity contribution in [3.05, 3.63) is 15.6 Å². The lowest BCUT2D eigenvalue weighted by molar-refractivity contribution is -0.125. The Morgan fingerprint density at radius 1 is 1.56 bits per heavy atom. The number of carbonyl (C=O) groups is 1. The van der Waals surface area contributed by atoms with E-state index < -0.39 is 0 Å². The van der Waals surface area contributed by atoms with Gasteiger partial charge in [-0.15, -0.1) is 11.3 Å². The number of hydrogen-bond donors (Lipinski definition) is 2. The Morgan fingerprint density at radius 3 is 3.00 bits per heavy atom. The number of hydrogen-bond acceptors (Lipinski definition) is 4. The molecule has 2 heterocycles. The maximum absolute atomic E-state index is 11.9. The van der Waals surface area contributed by atoms with Crippen LogP contribution in [0, 0.1) is 19.8 Å². The summed E-state index contributed by atoms with van der Waals surface area (Å²) in [5.74, 6) is 0.351. The Labute approximate surface area is 112 Å². The monoisotopic (exact) mass is 267 g/mol. The largest absolute Gasteiger partial charge is 0.355 e. The summed E-state index contributed by atoms with van der Waals surface area (Å²) in [5, 5.41) is 7.41. The molecule has 4 nitrogen and oxygen atoms in total. The molecule has 0 aromatic carbocycles. The molecule has 0 bridgehead atoms. The van der Waals surface area contributed by atoms with Gasteiger partial charge in [0.1, 0.15) is 0 Å². The fourth-order valence-corrected chi connectivity index (χ4v) is 3.26. The Hall–Kier alpha value is -0.940. The molecule has 18 heavy (non-hydrogen) atoms. The molecule has 1 unspecified atom stereocenters. The standard InChI is InChI=1S/C13H21N3OS/c1-9-12(18-10(2)16-9)5-7-15-13(17)11-4-3-6-14-8-11/h11,14H,3-8H2,1-2H3,(H,15,17). The molecule has 2 rings (SSSR count). The summed E-state index contributed by atoms with van der Waals surface area (Å²) in [6.07, 6.45) is 3.01. The Kier molecular flexibility index (Phi) is 4.72. The molecule has 1 aromatic heterocycles. The second-order valence-electron chi connectivity index (χ2n) is 4.83. The highest BCUT2D eigenvalue weighted by Crippen LogP contribution is 2.17. The van der Waals surface area contributed by atoms with Gasteiger partial charge in [0.05, 0.1) is 16.6 Å². The first-order chi connectivity index (χ1) is 8.66. The second-order valence-corrected chi connectivity index (χ2v) is 6.11. The van der Waals surface area contributed by atoms with E-state index in [1.807, 2.05) is 13.8 Å². The van der Waals surface area contributed by atoms with E-state index in [1.54, 1.807) is 11.3 Å². The summed E-state index contributed by atoms with van der Waals surface area (Å²) in [4.78, 5) is 17.6. The highest BCUT2D eigenvalue weighted by Gasteiger charge is 2.20. The molecular formula is C13H21N3OS. The highest BCUT2D eigenvalue weighted by atomic mass is 32.1. The van der Waals surface area contributed by atoms with E-state index in [0.717, 1.165) is 49.6 Å². The summed E-state index contributed by atoms with van der Waals surface area (Å²) >= 11 is 1.73. The average molecular weight is 267 g/mol. The second kappa shape index (κ2) is 6.29. The van der Waals surface area contributed by atoms with Crippen LogP contribution in [0.15, 0.2) is 0 Å². The predicted octanol–water partition coefficient (Wildman–Crippen LogP) is 1.42. The summed E-state index contributed by atoms with van der Waals surface area (Å²) in [6, 6.07) is 0. The SMILES string of the molecule is Cc1nc(C)c(CCNC(=O)C2CCCNC2)s1. The van der Waals surface area contributed by atoms with Gasteiger partial charge in [0.25, 0.3) is 0 Å². The maximum Gasteiger partial charge on any atom is 0.224 e. The Morgan fingerprint density at radius 2 is 2.39 bits per heavy atom. The van der Waals surface area contributed by atoms with Gasteiger partial charge >= 0.3 is 0 Å². The first-order valence-electron chi connectivity index (χ1n) is 6.58. The number of piperidine rings is 1. The van der Waals surface area contributed by atoms with E-state index in [0.29, 0.717) is 0 Å². The molecule has 0 saturated carbocycles. The van der Waals surface area contributed by atoms with Crippen LogP contribution in [0.1, 0.15) is 28.4 Å². The third-order valence-corrected chi connectivity index (χ3v) is 4.45. The van der Waals surface area contributed by atoms with E-state index >= 15 is 0 Å². The zero-order valence-electron chi connectivity index (χ0n) is 11.1. The number of aromatic nitrogens is 1. The highest BCUT2D eigenvalue weighted by molar-refractivity contribution is 7.11. The molecule has 2 N–H and O–H groups in total. The molecule has 1 saturated heterocycles. The third-order valence-electron chi connectivity index (χ3n) is 3.32. The fourth-order valence-electron chi connectivity index (χ4n) is 2.32. The van der Waals surface area contributed by atoms with Crippen molar-refractivity contribution in [1.82, 2.24) is 15.6 Å². The summed E-state index contributed by atoms with van der Waals surface area (Å²) < 4.78 is 0. The van der Waals surface area contributed by atoms with Crippen LogP contribution >= 0.6 is 11.3 Å². The van der Waals surface area contributed by atoms with Crippen molar-refractivity contribution >= 4 is 17.2 Å². The van der Waals surface area contributed by atoms with Crippen molar-refractivity contribution in [1.29, 1.82) is 0 Å². The number of aryl methyl sites for hydroxylation is 2. The van der Waals surface area contributed by atoms with Crippen LogP contribution in [0.2, 0.25) is 0 Å². The van der Waals surface area contributed by atoms with Crippen LogP contribution in [0.5, 0.6) is 0 Å². The molecule has 1 aromatic rings. The van der Waals surface area contributed by atoms with Crippen LogP contribution in [-0.4, -0.2) is 30.5 Å². The predicted molar refractivity (Wildman–Crippen MR) is 73.9 cm³/mol. The van der Waals surface area contributed by atoms with Crippen LogP contribution in [0.3, 0.4) is 0 Å². The minimum absolute atomic E-state index is 0.156. The van der Waals surface area contributed by atoms with Crippen molar-refractivity contribution in [3.8, 4) is 0 Å². The topological polar surface area (TPSA) is 54.0 Å². The van der Waals surface area contributed by atoms with Crippen molar-refractivity contribution in [3.63, 3.8) is 0 Å². The number of nitrogens with one attached hydrogen (secondary N) is 2. The minimum atomic E-state index is 0.156. The van der Waals surface area contributed by atoms with E-state index in [-0.39, 0.29) is 11.8 Å². The van der Waals surface area contributed by atoms with Gasteiger partial charge in [0.2, 0.25) is 5.91 Å². The lowest BCUT2D eigenvalue weighted by Gasteiger charge is -2.21. The molecule has 1 aliphatic rings. The van der Waals surface area contributed by atoms with Crippen molar-refractivity contribution in [2.24, 2.45) is 5.92 Å². The number of carbonyl (C=O) groups excluding carboxylic acids is 1. The lowest BCUT2D eigenvalue weighted by atomic mass is 9.99. The smallest absolute Gasteiger partial charge is 0.224 e. The molecule has 1 atom stereocenters. The number of thiazole rings is 1. The summed E-state index contributed by atoms with van der Waals surface area (Å²) in [6.45, 7) is 6.64. The summed E-state index contributed by atoms with van der Waals surface area (Å²) in [7, 11) is 0. The zero-order chi connectivity index (χ0) is 13.0. The third kappa shape index (κ3) is 3.53. The molecule has 0 spiro atoms. The van der Waals surface area contributed by atoms with Gasteiger partial charge < -0.3 is 10.6 Å². The Balaban J connectivity index is 1.74. The summed E-state index contributed by atoms with van der Waals surface area (Å²) in [5.41, 5.74) is 1.10. The number of rotatable bonds is 4. The Bertz CT molecular complexity index is 410. The number of nitrogens with zero attached hydrogens (tertiary/aromatic N) is 1. The maximum atomic E-state index is 11.9. The van der Waals surface area contributed by atoms with Crippen LogP contribution < -0.4 is 10.6 Å². The quantitative estimate of drug-likeness (QED) is 0.867. The van der Waals surface area contributed by atoms with Gasteiger partial charge in [-0.3, -0.25) is 4.79 Å². The van der Waals surface area contributed by atoms with E-state index in [2.05, 4.69) is 15.6 Å². The van der Waals surface area contributed by atoms with Crippen LogP contribution in [0.25, 0.3) is 0 Å². The average Bonchev–Trinajstić information content (AvgIpc) is 2.69. The van der Waals surface area contributed by atoms with E-state index in [9.17, 15) is 4.79 Å². The normalized spacial score (nSPS) is 19.8. The molecule has 1 fully saturated rings. The molecule has 5 heteroatoms. The lowest BCUT2D eigenvalue weighted by Crippen LogP contribution is -2.41. The van der Waals surface area contributed by atoms with Gasteiger partial charge in [-0.1, -0.05) is 0 Å². The van der Waals surface area contributed by atoms with Gasteiger partial charge in [-0.25, -0.2) is 4.98 Å².